The summed E-state index contributed by atoms with van der Waals surface area (Å²) in [6.45, 7) is 2.82. The van der Waals surface area contributed by atoms with Gasteiger partial charge in [0.05, 0.1) is 30.9 Å². The Hall–Kier alpha value is -2.17. The molecule has 1 aromatic carbocycles. The summed E-state index contributed by atoms with van der Waals surface area (Å²) < 4.78 is 37.2. The highest BCUT2D eigenvalue weighted by Gasteiger charge is 2.27. The number of benzene rings is 1. The average molecular weight is 385 g/mol. The highest BCUT2D eigenvalue weighted by Crippen LogP contribution is 2.29. The molecule has 1 aromatic rings. The van der Waals surface area contributed by atoms with E-state index in [-0.39, 0.29) is 48.5 Å². The van der Waals surface area contributed by atoms with Gasteiger partial charge >= 0.3 is 0 Å². The largest absolute Gasteiger partial charge is 0.495 e. The standard InChI is InChI=1S/C16H23N3O6S/c1-12(20)17-6-5-16(21)18-14-11-13(3-4-15(14)24-2)26(22,23)19-7-9-25-10-8-19/h3-4,11H,5-10H2,1-2H3,(H,17,20)(H,18,21). The molecule has 0 aliphatic carbocycles. The van der Waals surface area contributed by atoms with Crippen LogP contribution in [0.25, 0.3) is 0 Å². The molecule has 0 atom stereocenters. The van der Waals surface area contributed by atoms with Gasteiger partial charge in [-0.25, -0.2) is 8.42 Å². The normalized spacial score (nSPS) is 15.3. The number of anilines is 1. The van der Waals surface area contributed by atoms with Crippen LogP contribution in [0.4, 0.5) is 5.69 Å². The van der Waals surface area contributed by atoms with E-state index in [4.69, 9.17) is 9.47 Å². The van der Waals surface area contributed by atoms with Crippen molar-refractivity contribution in [3.05, 3.63) is 18.2 Å². The van der Waals surface area contributed by atoms with Crippen LogP contribution in [0.3, 0.4) is 0 Å². The number of nitrogens with zero attached hydrogens (tertiary/aromatic N) is 1. The number of nitrogens with one attached hydrogen (secondary N) is 2. The number of carbonyl (C=O) groups excluding carboxylic acids is 2. The molecule has 0 saturated carbocycles. The molecule has 1 heterocycles. The number of ether oxygens (including phenoxy) is 2. The molecule has 2 amide bonds. The number of rotatable bonds is 7. The summed E-state index contributed by atoms with van der Waals surface area (Å²) in [6, 6.07) is 4.31. The molecule has 0 aromatic heterocycles. The fourth-order valence-electron chi connectivity index (χ4n) is 2.45. The molecular formula is C16H23N3O6S. The quantitative estimate of drug-likeness (QED) is 0.692. The summed E-state index contributed by atoms with van der Waals surface area (Å²) in [5.41, 5.74) is 0.259. The summed E-state index contributed by atoms with van der Waals surface area (Å²) in [6.07, 6.45) is 0.0587. The fourth-order valence-corrected chi connectivity index (χ4v) is 3.88. The second kappa shape index (κ2) is 8.97. The van der Waals surface area contributed by atoms with Gasteiger partial charge in [0.15, 0.2) is 0 Å². The molecule has 0 bridgehead atoms. The van der Waals surface area contributed by atoms with Crippen molar-refractivity contribution in [1.82, 2.24) is 9.62 Å². The van der Waals surface area contributed by atoms with Crippen molar-refractivity contribution in [1.29, 1.82) is 0 Å². The number of carbonyl (C=O) groups is 2. The van der Waals surface area contributed by atoms with Crippen LogP contribution in [0, 0.1) is 0 Å². The lowest BCUT2D eigenvalue weighted by molar-refractivity contribution is -0.119. The Balaban J connectivity index is 2.17. The lowest BCUT2D eigenvalue weighted by atomic mass is 10.2. The molecule has 9 nitrogen and oxygen atoms in total. The SMILES string of the molecule is COc1ccc(S(=O)(=O)N2CCOCC2)cc1NC(=O)CCNC(C)=O. The Bertz CT molecular complexity index is 759. The zero-order valence-electron chi connectivity index (χ0n) is 14.8. The Kier molecular flexibility index (Phi) is 6.95. The number of morpholine rings is 1. The van der Waals surface area contributed by atoms with Crippen LogP contribution in [0.2, 0.25) is 0 Å². The third kappa shape index (κ3) is 5.16. The van der Waals surface area contributed by atoms with E-state index >= 15 is 0 Å². The molecule has 10 heteroatoms. The van der Waals surface area contributed by atoms with E-state index in [0.717, 1.165) is 0 Å². The first kappa shape index (κ1) is 20.1. The van der Waals surface area contributed by atoms with Crippen molar-refractivity contribution in [2.24, 2.45) is 0 Å². The van der Waals surface area contributed by atoms with Gasteiger partial charge in [-0.15, -0.1) is 0 Å². The highest BCUT2D eigenvalue weighted by atomic mass is 32.2. The molecule has 1 aliphatic heterocycles. The van der Waals surface area contributed by atoms with Crippen LogP contribution < -0.4 is 15.4 Å². The van der Waals surface area contributed by atoms with Gasteiger partial charge in [-0.1, -0.05) is 0 Å². The number of sulfonamides is 1. The summed E-state index contributed by atoms with van der Waals surface area (Å²) in [4.78, 5) is 22.9. The minimum absolute atomic E-state index is 0.0587. The third-order valence-electron chi connectivity index (χ3n) is 3.78. The first-order valence-electron chi connectivity index (χ1n) is 8.15. The average Bonchev–Trinajstić information content (AvgIpc) is 2.62. The van der Waals surface area contributed by atoms with E-state index in [1.165, 1.54) is 36.5 Å². The topological polar surface area (TPSA) is 114 Å². The van der Waals surface area contributed by atoms with Crippen LogP contribution in [0.1, 0.15) is 13.3 Å². The Morgan fingerprint density at radius 3 is 2.58 bits per heavy atom. The molecule has 26 heavy (non-hydrogen) atoms. The van der Waals surface area contributed by atoms with Crippen molar-refractivity contribution in [2.45, 2.75) is 18.2 Å². The number of hydrogen-bond acceptors (Lipinski definition) is 6. The van der Waals surface area contributed by atoms with Crippen molar-refractivity contribution < 1.29 is 27.5 Å². The van der Waals surface area contributed by atoms with E-state index in [0.29, 0.717) is 19.0 Å². The number of amides is 2. The van der Waals surface area contributed by atoms with E-state index in [9.17, 15) is 18.0 Å². The first-order chi connectivity index (χ1) is 12.3. The van der Waals surface area contributed by atoms with Gasteiger partial charge in [0, 0.05) is 33.0 Å². The van der Waals surface area contributed by atoms with Crippen molar-refractivity contribution >= 4 is 27.5 Å². The monoisotopic (exact) mass is 385 g/mol. The van der Waals surface area contributed by atoms with E-state index < -0.39 is 10.0 Å². The molecule has 1 fully saturated rings. The van der Waals surface area contributed by atoms with Crippen molar-refractivity contribution in [2.75, 3.05) is 45.3 Å². The molecular weight excluding hydrogens is 362 g/mol. The van der Waals surface area contributed by atoms with Gasteiger partial charge in [-0.05, 0) is 18.2 Å². The zero-order chi connectivity index (χ0) is 19.2. The lowest BCUT2D eigenvalue weighted by Crippen LogP contribution is -2.40. The molecule has 2 rings (SSSR count). The fraction of sp³-hybridized carbons (Fsp3) is 0.500. The van der Waals surface area contributed by atoms with Gasteiger partial charge in [-0.2, -0.15) is 4.31 Å². The molecule has 0 unspecified atom stereocenters. The maximum absolute atomic E-state index is 12.7. The van der Waals surface area contributed by atoms with Crippen LogP contribution in [0.5, 0.6) is 5.75 Å². The number of hydrogen-bond donors (Lipinski definition) is 2. The predicted molar refractivity (Wildman–Crippen MR) is 94.5 cm³/mol. The smallest absolute Gasteiger partial charge is 0.243 e. The van der Waals surface area contributed by atoms with Gasteiger partial charge < -0.3 is 20.1 Å². The van der Waals surface area contributed by atoms with Crippen LogP contribution in [0.15, 0.2) is 23.1 Å². The van der Waals surface area contributed by atoms with Crippen molar-refractivity contribution in [3.8, 4) is 5.75 Å². The number of methoxy groups -OCH3 is 1. The molecule has 144 valence electrons. The summed E-state index contributed by atoms with van der Waals surface area (Å²) in [5.74, 6) is -0.245. The third-order valence-corrected chi connectivity index (χ3v) is 5.67. The molecule has 2 N–H and O–H groups in total. The molecule has 1 aliphatic rings. The Morgan fingerprint density at radius 1 is 1.27 bits per heavy atom. The van der Waals surface area contributed by atoms with E-state index in [1.54, 1.807) is 0 Å². The van der Waals surface area contributed by atoms with Crippen LogP contribution in [-0.4, -0.2) is 64.5 Å². The zero-order valence-corrected chi connectivity index (χ0v) is 15.6. The van der Waals surface area contributed by atoms with Crippen LogP contribution in [-0.2, 0) is 24.3 Å². The van der Waals surface area contributed by atoms with Crippen molar-refractivity contribution in [3.63, 3.8) is 0 Å². The second-order valence-corrected chi connectivity index (χ2v) is 7.60. The van der Waals surface area contributed by atoms with E-state index in [1.807, 2.05) is 0 Å². The summed E-state index contributed by atoms with van der Waals surface area (Å²) in [7, 11) is -2.26. The summed E-state index contributed by atoms with van der Waals surface area (Å²) >= 11 is 0. The molecule has 0 radical (unpaired) electrons. The van der Waals surface area contributed by atoms with Gasteiger partial charge in [0.2, 0.25) is 21.8 Å². The Morgan fingerprint density at radius 2 is 1.96 bits per heavy atom. The minimum Gasteiger partial charge on any atom is -0.495 e. The van der Waals surface area contributed by atoms with E-state index in [2.05, 4.69) is 10.6 Å². The van der Waals surface area contributed by atoms with Gasteiger partial charge in [0.25, 0.3) is 0 Å². The summed E-state index contributed by atoms with van der Waals surface area (Å²) in [5, 5.41) is 5.15. The van der Waals surface area contributed by atoms with Crippen LogP contribution >= 0.6 is 0 Å². The van der Waals surface area contributed by atoms with Gasteiger partial charge in [-0.3, -0.25) is 9.59 Å². The molecule has 1 saturated heterocycles. The van der Waals surface area contributed by atoms with Gasteiger partial charge in [0.1, 0.15) is 5.75 Å². The highest BCUT2D eigenvalue weighted by molar-refractivity contribution is 7.89. The Labute approximate surface area is 152 Å². The molecule has 0 spiro atoms. The minimum atomic E-state index is -3.68. The maximum Gasteiger partial charge on any atom is 0.243 e. The predicted octanol–water partition coefficient (Wildman–Crippen LogP) is 0.181. The lowest BCUT2D eigenvalue weighted by Gasteiger charge is -2.26. The maximum atomic E-state index is 12.7. The second-order valence-electron chi connectivity index (χ2n) is 5.66. The first-order valence-corrected chi connectivity index (χ1v) is 9.59.